The molecule has 0 aliphatic carbocycles. The van der Waals surface area contributed by atoms with E-state index in [4.69, 9.17) is 18.9 Å². The molecule has 1 aromatic heterocycles. The largest absolute Gasteiger partial charge is 0.491 e. The third-order valence-electron chi connectivity index (χ3n) is 6.04. The fourth-order valence-electron chi connectivity index (χ4n) is 4.21. The molecule has 0 N–H and O–H groups in total. The van der Waals surface area contributed by atoms with Gasteiger partial charge in [-0.25, -0.2) is 28.6 Å². The summed E-state index contributed by atoms with van der Waals surface area (Å²) < 4.78 is 51.7. The second-order valence-corrected chi connectivity index (χ2v) is 10.3. The Balaban J connectivity index is 1.50. The Kier molecular flexibility index (Phi) is 9.90. The number of aromatic nitrogens is 2. The number of nitrogens with zero attached hydrogens (tertiary/aromatic N) is 5. The van der Waals surface area contributed by atoms with Crippen LogP contribution in [0.2, 0.25) is 0 Å². The Morgan fingerprint density at radius 1 is 0.951 bits per heavy atom. The number of benzene rings is 2. The van der Waals surface area contributed by atoms with Crippen molar-refractivity contribution in [3.8, 4) is 11.6 Å². The predicted molar refractivity (Wildman–Crippen MR) is 149 cm³/mol. The lowest BCUT2D eigenvalue weighted by molar-refractivity contribution is 0.0451. The summed E-state index contributed by atoms with van der Waals surface area (Å²) in [6.07, 6.45) is 0.665. The van der Waals surface area contributed by atoms with Gasteiger partial charge in [0.2, 0.25) is 5.88 Å². The van der Waals surface area contributed by atoms with Crippen molar-refractivity contribution in [2.45, 2.75) is 33.0 Å². The minimum atomic E-state index is -0.768. The number of carbonyl (C=O) groups excluding carboxylic acids is 1. The number of hydrogen-bond acceptors (Lipinski definition) is 9. The number of methoxy groups -OCH3 is 1. The lowest BCUT2D eigenvalue weighted by atomic mass is 10.2. The number of hydrogen-bond donors (Lipinski definition) is 0. The van der Waals surface area contributed by atoms with Gasteiger partial charge in [-0.15, -0.1) is 0 Å². The van der Waals surface area contributed by atoms with E-state index in [2.05, 4.69) is 9.97 Å². The molecule has 3 aromatic rings. The van der Waals surface area contributed by atoms with E-state index in [0.29, 0.717) is 6.61 Å². The molecule has 0 atom stereocenters. The summed E-state index contributed by atoms with van der Waals surface area (Å²) in [6, 6.07) is 13.5. The molecule has 41 heavy (non-hydrogen) atoms. The first kappa shape index (κ1) is 29.9. The number of carbonyl (C=O) groups is 1. The molecule has 0 radical (unpaired) electrons. The smallest absolute Gasteiger partial charge is 0.431 e. The SMILES string of the molecule is COCCOc1cc(F)c(N2CCN(N(C(=O)OC(C)(C)C)c3cc(OCc4ccccc4)ncn3)CC2)c(F)c1. The van der Waals surface area contributed by atoms with Crippen LogP contribution < -0.4 is 19.4 Å². The van der Waals surface area contributed by atoms with Crippen LogP contribution in [0.4, 0.5) is 25.1 Å². The zero-order valence-corrected chi connectivity index (χ0v) is 23.7. The number of rotatable bonds is 10. The van der Waals surface area contributed by atoms with Crippen molar-refractivity contribution in [1.29, 1.82) is 0 Å². The molecule has 220 valence electrons. The molecule has 1 aliphatic rings. The van der Waals surface area contributed by atoms with E-state index in [1.807, 2.05) is 30.3 Å². The molecule has 1 saturated heterocycles. The van der Waals surface area contributed by atoms with Crippen molar-refractivity contribution in [2.75, 3.05) is 56.4 Å². The Morgan fingerprint density at radius 2 is 1.63 bits per heavy atom. The summed E-state index contributed by atoms with van der Waals surface area (Å²) in [6.45, 7) is 7.05. The van der Waals surface area contributed by atoms with Crippen molar-refractivity contribution in [3.63, 3.8) is 0 Å². The zero-order valence-electron chi connectivity index (χ0n) is 23.7. The molecular weight excluding hydrogens is 536 g/mol. The highest BCUT2D eigenvalue weighted by molar-refractivity contribution is 5.85. The number of amides is 1. The molecule has 0 spiro atoms. The van der Waals surface area contributed by atoms with E-state index in [0.717, 1.165) is 17.7 Å². The topological polar surface area (TPSA) is 89.5 Å². The van der Waals surface area contributed by atoms with Crippen LogP contribution in [0.3, 0.4) is 0 Å². The second-order valence-electron chi connectivity index (χ2n) is 10.3. The highest BCUT2D eigenvalue weighted by Crippen LogP contribution is 2.30. The molecular formula is C29H35F2N5O5. The Morgan fingerprint density at radius 3 is 2.27 bits per heavy atom. The minimum Gasteiger partial charge on any atom is -0.491 e. The first-order valence-electron chi connectivity index (χ1n) is 13.3. The van der Waals surface area contributed by atoms with Crippen LogP contribution in [0.15, 0.2) is 54.9 Å². The monoisotopic (exact) mass is 571 g/mol. The van der Waals surface area contributed by atoms with Crippen LogP contribution in [-0.4, -0.2) is 73.2 Å². The van der Waals surface area contributed by atoms with Gasteiger partial charge in [0, 0.05) is 51.5 Å². The molecule has 0 bridgehead atoms. The van der Waals surface area contributed by atoms with E-state index in [1.54, 1.807) is 36.7 Å². The molecule has 2 heterocycles. The van der Waals surface area contributed by atoms with Crippen LogP contribution in [0.1, 0.15) is 26.3 Å². The van der Waals surface area contributed by atoms with Gasteiger partial charge in [-0.3, -0.25) is 0 Å². The van der Waals surface area contributed by atoms with Gasteiger partial charge in [0.15, 0.2) is 17.5 Å². The van der Waals surface area contributed by atoms with Crippen molar-refractivity contribution in [3.05, 3.63) is 72.1 Å². The normalized spacial score (nSPS) is 14.0. The molecule has 4 rings (SSSR count). The Bertz CT molecular complexity index is 1280. The number of ether oxygens (including phenoxy) is 4. The van der Waals surface area contributed by atoms with Crippen molar-refractivity contribution >= 4 is 17.6 Å². The summed E-state index contributed by atoms with van der Waals surface area (Å²) in [5, 5.41) is 3.05. The summed E-state index contributed by atoms with van der Waals surface area (Å²) >= 11 is 0. The van der Waals surface area contributed by atoms with Crippen molar-refractivity contribution < 1.29 is 32.5 Å². The van der Waals surface area contributed by atoms with Crippen molar-refractivity contribution in [2.24, 2.45) is 0 Å². The lowest BCUT2D eigenvalue weighted by Crippen LogP contribution is -2.57. The highest BCUT2D eigenvalue weighted by atomic mass is 19.1. The zero-order chi connectivity index (χ0) is 29.4. The fourth-order valence-corrected chi connectivity index (χ4v) is 4.21. The van der Waals surface area contributed by atoms with Crippen molar-refractivity contribution in [1.82, 2.24) is 15.0 Å². The van der Waals surface area contributed by atoms with Gasteiger partial charge >= 0.3 is 6.09 Å². The molecule has 1 fully saturated rings. The van der Waals surface area contributed by atoms with Gasteiger partial charge in [0.1, 0.15) is 36.6 Å². The maximum absolute atomic E-state index is 15.0. The van der Waals surface area contributed by atoms with Gasteiger partial charge in [-0.1, -0.05) is 30.3 Å². The average Bonchev–Trinajstić information content (AvgIpc) is 2.93. The number of halogens is 2. The first-order chi connectivity index (χ1) is 19.6. The van der Waals surface area contributed by atoms with E-state index >= 15 is 0 Å². The molecule has 0 saturated carbocycles. The van der Waals surface area contributed by atoms with Crippen LogP contribution in [0.25, 0.3) is 0 Å². The van der Waals surface area contributed by atoms with Gasteiger partial charge in [0.05, 0.1) is 6.61 Å². The van der Waals surface area contributed by atoms with E-state index in [-0.39, 0.29) is 62.5 Å². The van der Waals surface area contributed by atoms with Crippen LogP contribution in [-0.2, 0) is 16.1 Å². The molecule has 2 aromatic carbocycles. The predicted octanol–water partition coefficient (Wildman–Crippen LogP) is 4.84. The maximum Gasteiger partial charge on any atom is 0.431 e. The highest BCUT2D eigenvalue weighted by Gasteiger charge is 2.33. The first-order valence-corrected chi connectivity index (χ1v) is 13.3. The van der Waals surface area contributed by atoms with Crippen LogP contribution in [0.5, 0.6) is 11.6 Å². The van der Waals surface area contributed by atoms with E-state index in [1.165, 1.54) is 18.4 Å². The van der Waals surface area contributed by atoms with Crippen LogP contribution >= 0.6 is 0 Å². The molecule has 12 heteroatoms. The van der Waals surface area contributed by atoms with Gasteiger partial charge in [-0.2, -0.15) is 5.01 Å². The summed E-state index contributed by atoms with van der Waals surface area (Å²) in [5.41, 5.74) is 0.0453. The fraction of sp³-hybridized carbons (Fsp3) is 0.414. The number of hydrazine groups is 1. The average molecular weight is 572 g/mol. The molecule has 0 unspecified atom stereocenters. The molecule has 1 aliphatic heterocycles. The van der Waals surface area contributed by atoms with E-state index < -0.39 is 23.3 Å². The Hall–Kier alpha value is -4.03. The third-order valence-corrected chi connectivity index (χ3v) is 6.04. The van der Waals surface area contributed by atoms with Gasteiger partial charge in [-0.05, 0) is 26.3 Å². The standard InChI is InChI=1S/C29H35F2N5O5/c1-29(2,3)41-28(37)36(25-18-26(33-20-32-25)40-19-21-8-6-5-7-9-21)35-12-10-34(11-13-35)27-23(30)16-22(17-24(27)31)39-15-14-38-4/h5-9,16-18,20H,10-15,19H2,1-4H3. The molecule has 10 nitrogen and oxygen atoms in total. The van der Waals surface area contributed by atoms with Crippen LogP contribution in [0, 0.1) is 11.6 Å². The summed E-state index contributed by atoms with van der Waals surface area (Å²) in [4.78, 5) is 23.4. The maximum atomic E-state index is 15.0. The van der Waals surface area contributed by atoms with Gasteiger partial charge in [0.25, 0.3) is 0 Å². The molecule has 1 amide bonds. The van der Waals surface area contributed by atoms with Gasteiger partial charge < -0.3 is 23.8 Å². The third kappa shape index (κ3) is 8.24. The second kappa shape index (κ2) is 13.6. The quantitative estimate of drug-likeness (QED) is 0.317. The lowest BCUT2D eigenvalue weighted by Gasteiger charge is -2.41. The summed E-state index contributed by atoms with van der Waals surface area (Å²) in [7, 11) is 1.51. The number of piperazine rings is 1. The Labute approximate surface area is 238 Å². The van der Waals surface area contributed by atoms with E-state index in [9.17, 15) is 13.6 Å². The number of anilines is 2. The minimum absolute atomic E-state index is 0.0876. The summed E-state index contributed by atoms with van der Waals surface area (Å²) in [5.74, 6) is -0.843.